The Morgan fingerprint density at radius 2 is 1.72 bits per heavy atom. The lowest BCUT2D eigenvalue weighted by Gasteiger charge is -2.10. The summed E-state index contributed by atoms with van der Waals surface area (Å²) in [6, 6.07) is 14.8. The molecule has 18 heavy (non-hydrogen) atoms. The summed E-state index contributed by atoms with van der Waals surface area (Å²) in [4.78, 5) is 11.2. The fraction of sp³-hybridized carbons (Fsp3) is 0.0625. The van der Waals surface area contributed by atoms with Crippen LogP contribution in [0.1, 0.15) is 27.0 Å². The van der Waals surface area contributed by atoms with E-state index in [1.165, 1.54) is 0 Å². The molecule has 0 atom stereocenters. The van der Waals surface area contributed by atoms with E-state index in [2.05, 4.69) is 6.58 Å². The molecule has 2 aromatic rings. The number of carboxylic acid groups (broad SMARTS) is 1. The highest BCUT2D eigenvalue weighted by Gasteiger charge is 2.12. The average Bonchev–Trinajstić information content (AvgIpc) is 2.38. The van der Waals surface area contributed by atoms with E-state index in [9.17, 15) is 9.90 Å². The van der Waals surface area contributed by atoms with Crippen LogP contribution in [-0.4, -0.2) is 11.1 Å². The van der Waals surface area contributed by atoms with Gasteiger partial charge in [0.05, 0.1) is 5.56 Å². The van der Waals surface area contributed by atoms with Gasteiger partial charge in [0.2, 0.25) is 0 Å². The SMILES string of the molecule is C=C(c1cccc(C)c1)c1ccccc1C(=O)O. The third kappa shape index (κ3) is 2.33. The number of carbonyl (C=O) groups is 1. The van der Waals surface area contributed by atoms with E-state index in [0.717, 1.165) is 16.7 Å². The van der Waals surface area contributed by atoms with Crippen molar-refractivity contribution in [2.24, 2.45) is 0 Å². The predicted molar refractivity (Wildman–Crippen MR) is 72.7 cm³/mol. The van der Waals surface area contributed by atoms with E-state index in [1.54, 1.807) is 18.2 Å². The Balaban J connectivity index is 2.50. The van der Waals surface area contributed by atoms with Gasteiger partial charge in [-0.25, -0.2) is 4.79 Å². The molecular weight excluding hydrogens is 224 g/mol. The second kappa shape index (κ2) is 4.88. The van der Waals surface area contributed by atoms with Crippen molar-refractivity contribution in [3.63, 3.8) is 0 Å². The van der Waals surface area contributed by atoms with Crippen molar-refractivity contribution in [1.82, 2.24) is 0 Å². The van der Waals surface area contributed by atoms with E-state index in [0.29, 0.717) is 5.56 Å². The van der Waals surface area contributed by atoms with Crippen LogP contribution >= 0.6 is 0 Å². The molecular formula is C16H14O2. The molecule has 0 amide bonds. The first-order valence-corrected chi connectivity index (χ1v) is 5.68. The maximum absolute atomic E-state index is 11.2. The van der Waals surface area contributed by atoms with E-state index in [-0.39, 0.29) is 5.56 Å². The van der Waals surface area contributed by atoms with Crippen molar-refractivity contribution < 1.29 is 9.90 Å². The fourth-order valence-electron chi connectivity index (χ4n) is 1.92. The van der Waals surface area contributed by atoms with E-state index >= 15 is 0 Å². The van der Waals surface area contributed by atoms with Gasteiger partial charge >= 0.3 is 5.97 Å². The summed E-state index contributed by atoms with van der Waals surface area (Å²) >= 11 is 0. The zero-order valence-corrected chi connectivity index (χ0v) is 10.2. The molecule has 1 N–H and O–H groups in total. The standard InChI is InChI=1S/C16H14O2/c1-11-6-5-7-13(10-11)12(2)14-8-3-4-9-15(14)16(17)18/h3-10H,2H2,1H3,(H,17,18). The first-order chi connectivity index (χ1) is 8.59. The largest absolute Gasteiger partial charge is 0.478 e. The van der Waals surface area contributed by atoms with Crippen molar-refractivity contribution in [2.75, 3.05) is 0 Å². The van der Waals surface area contributed by atoms with Gasteiger partial charge in [-0.3, -0.25) is 0 Å². The molecule has 0 saturated heterocycles. The Kier molecular flexibility index (Phi) is 3.28. The van der Waals surface area contributed by atoms with Crippen LogP contribution in [0.4, 0.5) is 0 Å². The first kappa shape index (κ1) is 12.1. The van der Waals surface area contributed by atoms with Gasteiger partial charge in [-0.15, -0.1) is 0 Å². The van der Waals surface area contributed by atoms with E-state index in [1.807, 2.05) is 37.3 Å². The molecule has 0 aromatic heterocycles. The molecule has 0 unspecified atom stereocenters. The normalized spacial score (nSPS) is 10.1. The highest BCUT2D eigenvalue weighted by atomic mass is 16.4. The molecule has 0 saturated carbocycles. The minimum absolute atomic E-state index is 0.281. The Morgan fingerprint density at radius 3 is 2.33 bits per heavy atom. The minimum Gasteiger partial charge on any atom is -0.478 e. The van der Waals surface area contributed by atoms with Crippen molar-refractivity contribution in [3.05, 3.63) is 77.4 Å². The summed E-state index contributed by atoms with van der Waals surface area (Å²) in [5.74, 6) is -0.931. The Bertz CT molecular complexity index is 612. The molecule has 0 aliphatic heterocycles. The van der Waals surface area contributed by atoms with Gasteiger partial charge in [0.15, 0.2) is 0 Å². The lowest BCUT2D eigenvalue weighted by atomic mass is 9.94. The van der Waals surface area contributed by atoms with Gasteiger partial charge < -0.3 is 5.11 Å². The smallest absolute Gasteiger partial charge is 0.336 e. The average molecular weight is 238 g/mol. The van der Waals surface area contributed by atoms with Crippen LogP contribution in [0.15, 0.2) is 55.1 Å². The van der Waals surface area contributed by atoms with Crippen molar-refractivity contribution in [2.45, 2.75) is 6.92 Å². The molecule has 2 nitrogen and oxygen atoms in total. The molecule has 0 aliphatic rings. The lowest BCUT2D eigenvalue weighted by molar-refractivity contribution is 0.0696. The maximum atomic E-state index is 11.2. The molecule has 0 fully saturated rings. The second-order valence-electron chi connectivity index (χ2n) is 4.20. The van der Waals surface area contributed by atoms with Crippen LogP contribution in [0.5, 0.6) is 0 Å². The van der Waals surface area contributed by atoms with Crippen molar-refractivity contribution in [1.29, 1.82) is 0 Å². The Morgan fingerprint density at radius 1 is 1.06 bits per heavy atom. The van der Waals surface area contributed by atoms with E-state index < -0.39 is 5.97 Å². The van der Waals surface area contributed by atoms with Gasteiger partial charge in [0.25, 0.3) is 0 Å². The number of benzene rings is 2. The Labute approximate surface area is 106 Å². The molecule has 2 rings (SSSR count). The van der Waals surface area contributed by atoms with Crippen molar-refractivity contribution in [3.8, 4) is 0 Å². The molecule has 0 heterocycles. The molecule has 0 spiro atoms. The zero-order valence-electron chi connectivity index (χ0n) is 10.2. The molecule has 2 heteroatoms. The summed E-state index contributed by atoms with van der Waals surface area (Å²) in [6.45, 7) is 6.02. The highest BCUT2D eigenvalue weighted by molar-refractivity contribution is 5.96. The predicted octanol–water partition coefficient (Wildman–Crippen LogP) is 3.75. The fourth-order valence-corrected chi connectivity index (χ4v) is 1.92. The first-order valence-electron chi connectivity index (χ1n) is 5.68. The number of hydrogen-bond acceptors (Lipinski definition) is 1. The lowest BCUT2D eigenvalue weighted by Crippen LogP contribution is -2.01. The highest BCUT2D eigenvalue weighted by Crippen LogP contribution is 2.25. The number of hydrogen-bond donors (Lipinski definition) is 1. The monoisotopic (exact) mass is 238 g/mol. The topological polar surface area (TPSA) is 37.3 Å². The van der Waals surface area contributed by atoms with Gasteiger partial charge in [0.1, 0.15) is 0 Å². The van der Waals surface area contributed by atoms with Gasteiger partial charge in [0, 0.05) is 0 Å². The summed E-state index contributed by atoms with van der Waals surface area (Å²) in [7, 11) is 0. The molecule has 2 aromatic carbocycles. The van der Waals surface area contributed by atoms with Crippen LogP contribution in [0, 0.1) is 6.92 Å². The van der Waals surface area contributed by atoms with Gasteiger partial charge in [-0.2, -0.15) is 0 Å². The van der Waals surface area contributed by atoms with Crippen molar-refractivity contribution >= 4 is 11.5 Å². The number of aromatic carboxylic acids is 1. The molecule has 0 bridgehead atoms. The number of aryl methyl sites for hydroxylation is 1. The second-order valence-corrected chi connectivity index (χ2v) is 4.20. The summed E-state index contributed by atoms with van der Waals surface area (Å²) in [5.41, 5.74) is 3.75. The summed E-state index contributed by atoms with van der Waals surface area (Å²) in [5, 5.41) is 9.17. The molecule has 0 radical (unpaired) electrons. The van der Waals surface area contributed by atoms with E-state index in [4.69, 9.17) is 0 Å². The minimum atomic E-state index is -0.931. The quantitative estimate of drug-likeness (QED) is 0.884. The molecule has 0 aliphatic carbocycles. The molecule has 90 valence electrons. The van der Waals surface area contributed by atoms with Gasteiger partial charge in [-0.05, 0) is 29.7 Å². The number of rotatable bonds is 3. The van der Waals surface area contributed by atoms with Crippen LogP contribution in [0.3, 0.4) is 0 Å². The van der Waals surface area contributed by atoms with Crippen LogP contribution in [-0.2, 0) is 0 Å². The Hall–Kier alpha value is -2.35. The van der Waals surface area contributed by atoms with Crippen LogP contribution in [0.25, 0.3) is 5.57 Å². The van der Waals surface area contributed by atoms with Gasteiger partial charge in [-0.1, -0.05) is 54.6 Å². The van der Waals surface area contributed by atoms with Crippen LogP contribution in [0.2, 0.25) is 0 Å². The number of carboxylic acids is 1. The summed E-state index contributed by atoms with van der Waals surface area (Å²) < 4.78 is 0. The zero-order chi connectivity index (χ0) is 13.1. The third-order valence-electron chi connectivity index (χ3n) is 2.85. The summed E-state index contributed by atoms with van der Waals surface area (Å²) in [6.07, 6.45) is 0. The maximum Gasteiger partial charge on any atom is 0.336 e. The van der Waals surface area contributed by atoms with Crippen LogP contribution < -0.4 is 0 Å². The third-order valence-corrected chi connectivity index (χ3v) is 2.85.